The van der Waals surface area contributed by atoms with E-state index in [0.717, 1.165) is 11.3 Å². The summed E-state index contributed by atoms with van der Waals surface area (Å²) in [5, 5.41) is 0. The highest BCUT2D eigenvalue weighted by Gasteiger charge is 2.14. The molecule has 2 rings (SSSR count). The minimum Gasteiger partial charge on any atom is -0.491 e. The van der Waals surface area contributed by atoms with Crippen molar-refractivity contribution in [3.63, 3.8) is 0 Å². The van der Waals surface area contributed by atoms with Crippen LogP contribution in [0.3, 0.4) is 0 Å². The summed E-state index contributed by atoms with van der Waals surface area (Å²) in [4.78, 5) is 0.408. The first-order chi connectivity index (χ1) is 8.75. The SMILES string of the molecule is NC(=S)c1ccc(OCCOC2CCCC2)cc1. The highest BCUT2D eigenvalue weighted by atomic mass is 32.1. The van der Waals surface area contributed by atoms with E-state index in [1.807, 2.05) is 24.3 Å². The van der Waals surface area contributed by atoms with Crippen molar-refractivity contribution in [2.75, 3.05) is 13.2 Å². The van der Waals surface area contributed by atoms with Gasteiger partial charge in [-0.3, -0.25) is 0 Å². The van der Waals surface area contributed by atoms with Gasteiger partial charge in [-0.1, -0.05) is 25.1 Å². The van der Waals surface area contributed by atoms with Crippen molar-refractivity contribution in [1.29, 1.82) is 0 Å². The molecule has 0 radical (unpaired) electrons. The number of ether oxygens (including phenoxy) is 2. The Labute approximate surface area is 113 Å². The van der Waals surface area contributed by atoms with Gasteiger partial charge in [0.25, 0.3) is 0 Å². The normalized spacial score (nSPS) is 15.8. The average molecular weight is 265 g/mol. The highest BCUT2D eigenvalue weighted by molar-refractivity contribution is 7.80. The topological polar surface area (TPSA) is 44.5 Å². The second-order valence-electron chi connectivity index (χ2n) is 4.51. The summed E-state index contributed by atoms with van der Waals surface area (Å²) in [6, 6.07) is 7.50. The predicted molar refractivity (Wildman–Crippen MR) is 76.0 cm³/mol. The van der Waals surface area contributed by atoms with Crippen LogP contribution in [0.15, 0.2) is 24.3 Å². The maximum atomic E-state index is 5.72. The Kier molecular flexibility index (Phi) is 4.96. The Morgan fingerprint density at radius 2 is 1.83 bits per heavy atom. The van der Waals surface area contributed by atoms with Crippen LogP contribution in [0.1, 0.15) is 31.2 Å². The lowest BCUT2D eigenvalue weighted by Crippen LogP contribution is -2.14. The molecule has 0 aliphatic heterocycles. The molecule has 0 aromatic heterocycles. The third-order valence-electron chi connectivity index (χ3n) is 3.15. The first kappa shape index (κ1) is 13.3. The lowest BCUT2D eigenvalue weighted by atomic mass is 10.2. The summed E-state index contributed by atoms with van der Waals surface area (Å²) in [6.45, 7) is 1.24. The Morgan fingerprint density at radius 3 is 2.44 bits per heavy atom. The molecule has 0 bridgehead atoms. The number of hydrogen-bond donors (Lipinski definition) is 1. The van der Waals surface area contributed by atoms with E-state index < -0.39 is 0 Å². The van der Waals surface area contributed by atoms with E-state index in [1.165, 1.54) is 25.7 Å². The standard InChI is InChI=1S/C14H19NO2S/c15-14(18)11-5-7-13(8-6-11)17-10-9-16-12-3-1-2-4-12/h5-8,12H,1-4,9-10H2,(H2,15,18). The smallest absolute Gasteiger partial charge is 0.119 e. The molecule has 18 heavy (non-hydrogen) atoms. The number of thiocarbonyl (C=S) groups is 1. The van der Waals surface area contributed by atoms with Crippen molar-refractivity contribution in [1.82, 2.24) is 0 Å². The molecule has 1 fully saturated rings. The zero-order chi connectivity index (χ0) is 12.8. The summed E-state index contributed by atoms with van der Waals surface area (Å²) in [5.41, 5.74) is 6.39. The van der Waals surface area contributed by atoms with E-state index in [2.05, 4.69) is 0 Å². The fraction of sp³-hybridized carbons (Fsp3) is 0.500. The van der Waals surface area contributed by atoms with E-state index >= 15 is 0 Å². The molecule has 1 aromatic rings. The van der Waals surface area contributed by atoms with E-state index in [1.54, 1.807) is 0 Å². The summed E-state index contributed by atoms with van der Waals surface area (Å²) < 4.78 is 11.3. The Bertz CT molecular complexity index is 385. The number of benzene rings is 1. The van der Waals surface area contributed by atoms with Gasteiger partial charge in [-0.2, -0.15) is 0 Å². The first-order valence-corrected chi connectivity index (χ1v) is 6.81. The summed E-state index contributed by atoms with van der Waals surface area (Å²) >= 11 is 4.89. The van der Waals surface area contributed by atoms with Gasteiger partial charge in [-0.05, 0) is 37.1 Å². The maximum absolute atomic E-state index is 5.72. The molecule has 4 heteroatoms. The molecule has 3 nitrogen and oxygen atoms in total. The summed E-state index contributed by atoms with van der Waals surface area (Å²) in [6.07, 6.45) is 5.44. The van der Waals surface area contributed by atoms with Crippen LogP contribution in [0, 0.1) is 0 Å². The molecular formula is C14H19NO2S. The second kappa shape index (κ2) is 6.71. The number of nitrogens with two attached hydrogens (primary N) is 1. The van der Waals surface area contributed by atoms with Gasteiger partial charge < -0.3 is 15.2 Å². The van der Waals surface area contributed by atoms with Crippen LogP contribution >= 0.6 is 12.2 Å². The van der Waals surface area contributed by atoms with Gasteiger partial charge in [0.15, 0.2) is 0 Å². The lowest BCUT2D eigenvalue weighted by molar-refractivity contribution is 0.0382. The van der Waals surface area contributed by atoms with E-state index in [4.69, 9.17) is 27.4 Å². The molecule has 1 aliphatic carbocycles. The van der Waals surface area contributed by atoms with E-state index in [9.17, 15) is 0 Å². The van der Waals surface area contributed by atoms with Gasteiger partial charge in [0.05, 0.1) is 12.7 Å². The minimum absolute atomic E-state index is 0.408. The molecule has 0 atom stereocenters. The third-order valence-corrected chi connectivity index (χ3v) is 3.38. The van der Waals surface area contributed by atoms with Crippen molar-refractivity contribution in [3.8, 4) is 5.75 Å². The predicted octanol–water partition coefficient (Wildman–Crippen LogP) is 2.66. The molecule has 0 spiro atoms. The quantitative estimate of drug-likeness (QED) is 0.634. The van der Waals surface area contributed by atoms with Gasteiger partial charge in [0, 0.05) is 5.56 Å². The monoisotopic (exact) mass is 265 g/mol. The lowest BCUT2D eigenvalue weighted by Gasteiger charge is -2.11. The molecule has 2 N–H and O–H groups in total. The van der Waals surface area contributed by atoms with Gasteiger partial charge in [0.2, 0.25) is 0 Å². The van der Waals surface area contributed by atoms with Gasteiger partial charge in [-0.15, -0.1) is 0 Å². The van der Waals surface area contributed by atoms with Crippen molar-refractivity contribution in [2.45, 2.75) is 31.8 Å². The molecule has 0 amide bonds. The van der Waals surface area contributed by atoms with Crippen molar-refractivity contribution in [3.05, 3.63) is 29.8 Å². The third kappa shape index (κ3) is 3.96. The molecule has 98 valence electrons. The van der Waals surface area contributed by atoms with Gasteiger partial charge in [0.1, 0.15) is 17.3 Å². The largest absolute Gasteiger partial charge is 0.491 e. The highest BCUT2D eigenvalue weighted by Crippen LogP contribution is 2.20. The van der Waals surface area contributed by atoms with Crippen LogP contribution < -0.4 is 10.5 Å². The van der Waals surface area contributed by atoms with Crippen molar-refractivity contribution < 1.29 is 9.47 Å². The zero-order valence-corrected chi connectivity index (χ0v) is 11.2. The van der Waals surface area contributed by atoms with Gasteiger partial charge >= 0.3 is 0 Å². The van der Waals surface area contributed by atoms with E-state index in [0.29, 0.717) is 24.3 Å². The fourth-order valence-corrected chi connectivity index (χ4v) is 2.28. The van der Waals surface area contributed by atoms with Crippen LogP contribution in [-0.4, -0.2) is 24.3 Å². The van der Waals surface area contributed by atoms with Crippen molar-refractivity contribution in [2.24, 2.45) is 5.73 Å². The van der Waals surface area contributed by atoms with Crippen LogP contribution in [-0.2, 0) is 4.74 Å². The molecule has 1 saturated carbocycles. The van der Waals surface area contributed by atoms with Gasteiger partial charge in [-0.25, -0.2) is 0 Å². The molecule has 1 aliphatic rings. The Hall–Kier alpha value is -1.13. The van der Waals surface area contributed by atoms with Crippen LogP contribution in [0.4, 0.5) is 0 Å². The van der Waals surface area contributed by atoms with E-state index in [-0.39, 0.29) is 0 Å². The first-order valence-electron chi connectivity index (χ1n) is 6.40. The molecule has 0 heterocycles. The molecule has 0 unspecified atom stereocenters. The molecule has 1 aromatic carbocycles. The van der Waals surface area contributed by atoms with Crippen LogP contribution in [0.25, 0.3) is 0 Å². The summed E-state index contributed by atoms with van der Waals surface area (Å²) in [5.74, 6) is 0.824. The number of hydrogen-bond acceptors (Lipinski definition) is 3. The average Bonchev–Trinajstić information content (AvgIpc) is 2.88. The van der Waals surface area contributed by atoms with Crippen molar-refractivity contribution >= 4 is 17.2 Å². The molecule has 0 saturated heterocycles. The van der Waals surface area contributed by atoms with Crippen LogP contribution in [0.5, 0.6) is 5.75 Å². The van der Waals surface area contributed by atoms with Crippen LogP contribution in [0.2, 0.25) is 0 Å². The number of rotatable bonds is 6. The second-order valence-corrected chi connectivity index (χ2v) is 4.95. The summed E-state index contributed by atoms with van der Waals surface area (Å²) in [7, 11) is 0. The zero-order valence-electron chi connectivity index (χ0n) is 10.4. The molecular weight excluding hydrogens is 246 g/mol. The maximum Gasteiger partial charge on any atom is 0.119 e. The fourth-order valence-electron chi connectivity index (χ4n) is 2.14. The minimum atomic E-state index is 0.408. The Balaban J connectivity index is 1.68. The Morgan fingerprint density at radius 1 is 1.17 bits per heavy atom.